The maximum atomic E-state index is 11.4. The molecule has 0 unspecified atom stereocenters. The summed E-state index contributed by atoms with van der Waals surface area (Å²) >= 11 is 9.24. The standard InChI is InChI=1S/C15H10BrClO2/c16-14-9-12(17)7-6-11(14)8-13(15(18)19)10-4-2-1-3-5-10/h1-9H,(H,18,19)/b13-8+. The van der Waals surface area contributed by atoms with E-state index < -0.39 is 5.97 Å². The number of aliphatic carboxylic acids is 1. The molecule has 0 radical (unpaired) electrons. The zero-order valence-corrected chi connectivity index (χ0v) is 12.1. The van der Waals surface area contributed by atoms with Crippen LogP contribution in [0.1, 0.15) is 11.1 Å². The Morgan fingerprint density at radius 1 is 1.16 bits per heavy atom. The molecule has 4 heteroatoms. The van der Waals surface area contributed by atoms with E-state index >= 15 is 0 Å². The Kier molecular flexibility index (Phi) is 4.40. The maximum Gasteiger partial charge on any atom is 0.336 e. The van der Waals surface area contributed by atoms with Gasteiger partial charge in [0.25, 0.3) is 0 Å². The Labute approximate surface area is 124 Å². The van der Waals surface area contributed by atoms with Gasteiger partial charge >= 0.3 is 5.97 Å². The molecular weight excluding hydrogens is 328 g/mol. The van der Waals surface area contributed by atoms with E-state index in [0.717, 1.165) is 10.0 Å². The summed E-state index contributed by atoms with van der Waals surface area (Å²) < 4.78 is 0.759. The first-order valence-electron chi connectivity index (χ1n) is 5.53. The Morgan fingerprint density at radius 2 is 1.84 bits per heavy atom. The molecule has 0 fully saturated rings. The zero-order valence-electron chi connectivity index (χ0n) is 9.81. The van der Waals surface area contributed by atoms with Gasteiger partial charge < -0.3 is 5.11 Å². The quantitative estimate of drug-likeness (QED) is 0.649. The molecule has 2 aromatic carbocycles. The van der Waals surface area contributed by atoms with Crippen molar-refractivity contribution in [1.29, 1.82) is 0 Å². The van der Waals surface area contributed by atoms with E-state index in [0.29, 0.717) is 10.6 Å². The summed E-state index contributed by atoms with van der Waals surface area (Å²) in [6.45, 7) is 0. The van der Waals surface area contributed by atoms with Crippen LogP contribution in [0.2, 0.25) is 5.02 Å². The molecule has 0 aliphatic rings. The fourth-order valence-electron chi connectivity index (χ4n) is 1.66. The van der Waals surface area contributed by atoms with Crippen LogP contribution < -0.4 is 0 Å². The third-order valence-electron chi connectivity index (χ3n) is 2.58. The van der Waals surface area contributed by atoms with E-state index in [1.807, 2.05) is 18.2 Å². The van der Waals surface area contributed by atoms with Crippen molar-refractivity contribution in [2.75, 3.05) is 0 Å². The van der Waals surface area contributed by atoms with Crippen LogP contribution in [0.4, 0.5) is 0 Å². The second kappa shape index (κ2) is 6.04. The first-order chi connectivity index (χ1) is 9.08. The number of carboxylic acid groups (broad SMARTS) is 1. The van der Waals surface area contributed by atoms with Gasteiger partial charge in [-0.05, 0) is 29.3 Å². The summed E-state index contributed by atoms with van der Waals surface area (Å²) in [5, 5.41) is 9.92. The molecule has 2 rings (SSSR count). The van der Waals surface area contributed by atoms with Gasteiger partial charge in [0, 0.05) is 9.50 Å². The predicted octanol–water partition coefficient (Wildman–Crippen LogP) is 4.73. The first-order valence-corrected chi connectivity index (χ1v) is 6.70. The number of hydrogen-bond acceptors (Lipinski definition) is 1. The fraction of sp³-hybridized carbons (Fsp3) is 0. The lowest BCUT2D eigenvalue weighted by Gasteiger charge is -2.04. The van der Waals surface area contributed by atoms with Crippen LogP contribution >= 0.6 is 27.5 Å². The lowest BCUT2D eigenvalue weighted by atomic mass is 10.0. The van der Waals surface area contributed by atoms with Crippen molar-refractivity contribution < 1.29 is 9.90 Å². The maximum absolute atomic E-state index is 11.4. The summed E-state index contributed by atoms with van der Waals surface area (Å²) in [5.41, 5.74) is 1.67. The predicted molar refractivity (Wildman–Crippen MR) is 81.1 cm³/mol. The second-order valence-corrected chi connectivity index (χ2v) is 5.19. The van der Waals surface area contributed by atoms with Gasteiger partial charge in [-0.15, -0.1) is 0 Å². The fourth-order valence-corrected chi connectivity index (χ4v) is 2.46. The molecule has 0 heterocycles. The van der Waals surface area contributed by atoms with E-state index in [2.05, 4.69) is 15.9 Å². The van der Waals surface area contributed by atoms with Crippen molar-refractivity contribution in [1.82, 2.24) is 0 Å². The summed E-state index contributed by atoms with van der Waals surface area (Å²) in [5.74, 6) is -0.965. The van der Waals surface area contributed by atoms with Crippen LogP contribution in [0.25, 0.3) is 11.6 Å². The van der Waals surface area contributed by atoms with Crippen molar-refractivity contribution >= 4 is 45.1 Å². The van der Waals surface area contributed by atoms with Gasteiger partial charge in [-0.3, -0.25) is 0 Å². The highest BCUT2D eigenvalue weighted by atomic mass is 79.9. The van der Waals surface area contributed by atoms with Crippen molar-refractivity contribution in [2.45, 2.75) is 0 Å². The molecule has 19 heavy (non-hydrogen) atoms. The average molecular weight is 338 g/mol. The molecule has 96 valence electrons. The van der Waals surface area contributed by atoms with Crippen molar-refractivity contribution in [3.63, 3.8) is 0 Å². The highest BCUT2D eigenvalue weighted by molar-refractivity contribution is 9.10. The van der Waals surface area contributed by atoms with Gasteiger partial charge in [0.05, 0.1) is 5.57 Å². The summed E-state index contributed by atoms with van der Waals surface area (Å²) in [4.78, 5) is 11.4. The summed E-state index contributed by atoms with van der Waals surface area (Å²) in [6.07, 6.45) is 1.62. The second-order valence-electron chi connectivity index (χ2n) is 3.90. The van der Waals surface area contributed by atoms with E-state index in [1.54, 1.807) is 36.4 Å². The molecule has 0 saturated carbocycles. The van der Waals surface area contributed by atoms with Gasteiger partial charge in [0.2, 0.25) is 0 Å². The van der Waals surface area contributed by atoms with Crippen LogP contribution in [0.5, 0.6) is 0 Å². The third-order valence-corrected chi connectivity index (χ3v) is 3.50. The molecule has 0 bridgehead atoms. The Hall–Kier alpha value is -1.58. The highest BCUT2D eigenvalue weighted by Gasteiger charge is 2.11. The van der Waals surface area contributed by atoms with Crippen molar-refractivity contribution in [3.8, 4) is 0 Å². The topological polar surface area (TPSA) is 37.3 Å². The van der Waals surface area contributed by atoms with Crippen LogP contribution in [0.15, 0.2) is 53.0 Å². The molecule has 0 spiro atoms. The van der Waals surface area contributed by atoms with Crippen LogP contribution in [0, 0.1) is 0 Å². The number of benzene rings is 2. The first kappa shape index (κ1) is 13.8. The van der Waals surface area contributed by atoms with Gasteiger partial charge in [0.15, 0.2) is 0 Å². The number of halogens is 2. The van der Waals surface area contributed by atoms with Gasteiger partial charge in [0.1, 0.15) is 0 Å². The van der Waals surface area contributed by atoms with Gasteiger partial charge in [-0.25, -0.2) is 4.79 Å². The van der Waals surface area contributed by atoms with Crippen molar-refractivity contribution in [2.24, 2.45) is 0 Å². The van der Waals surface area contributed by atoms with Gasteiger partial charge in [-0.2, -0.15) is 0 Å². The molecule has 2 nitrogen and oxygen atoms in total. The largest absolute Gasteiger partial charge is 0.478 e. The summed E-state index contributed by atoms with van der Waals surface area (Å²) in [7, 11) is 0. The highest BCUT2D eigenvalue weighted by Crippen LogP contribution is 2.26. The van der Waals surface area contributed by atoms with Crippen LogP contribution in [0.3, 0.4) is 0 Å². The minimum atomic E-state index is -0.965. The number of rotatable bonds is 3. The molecule has 1 N–H and O–H groups in total. The lowest BCUT2D eigenvalue weighted by Crippen LogP contribution is -1.99. The summed E-state index contributed by atoms with van der Waals surface area (Å²) in [6, 6.07) is 14.2. The third kappa shape index (κ3) is 3.46. The Bertz CT molecular complexity index is 636. The number of carbonyl (C=O) groups is 1. The molecular formula is C15H10BrClO2. The smallest absolute Gasteiger partial charge is 0.336 e. The SMILES string of the molecule is O=C(O)/C(=C/c1ccc(Cl)cc1Br)c1ccccc1. The van der Waals surface area contributed by atoms with Crippen LogP contribution in [-0.4, -0.2) is 11.1 Å². The minimum absolute atomic E-state index is 0.239. The Morgan fingerprint density at radius 3 is 2.42 bits per heavy atom. The van der Waals surface area contributed by atoms with E-state index in [4.69, 9.17) is 11.6 Å². The molecule has 0 aliphatic carbocycles. The molecule has 0 atom stereocenters. The normalized spacial score (nSPS) is 11.4. The average Bonchev–Trinajstić information content (AvgIpc) is 2.38. The lowest BCUT2D eigenvalue weighted by molar-refractivity contribution is -0.130. The van der Waals surface area contributed by atoms with Gasteiger partial charge in [-0.1, -0.05) is 63.9 Å². The zero-order chi connectivity index (χ0) is 13.8. The molecule has 0 aliphatic heterocycles. The molecule has 2 aromatic rings. The molecule has 0 aromatic heterocycles. The monoisotopic (exact) mass is 336 g/mol. The van der Waals surface area contributed by atoms with E-state index in [1.165, 1.54) is 0 Å². The Balaban J connectivity index is 2.51. The molecule has 0 amide bonds. The van der Waals surface area contributed by atoms with E-state index in [9.17, 15) is 9.90 Å². The molecule has 0 saturated heterocycles. The van der Waals surface area contributed by atoms with E-state index in [-0.39, 0.29) is 5.57 Å². The minimum Gasteiger partial charge on any atom is -0.478 e. The number of carboxylic acids is 1. The number of hydrogen-bond donors (Lipinski definition) is 1. The van der Waals surface area contributed by atoms with Crippen molar-refractivity contribution in [3.05, 3.63) is 69.2 Å². The van der Waals surface area contributed by atoms with Crippen LogP contribution in [-0.2, 0) is 4.79 Å².